The van der Waals surface area contributed by atoms with Gasteiger partial charge in [-0.3, -0.25) is 9.78 Å². The van der Waals surface area contributed by atoms with E-state index in [1.165, 1.54) is 0 Å². The fourth-order valence-electron chi connectivity index (χ4n) is 2.98. The molecule has 3 aromatic rings. The van der Waals surface area contributed by atoms with Crippen LogP contribution in [-0.2, 0) is 11.3 Å². The predicted molar refractivity (Wildman–Crippen MR) is 104 cm³/mol. The molecule has 1 atom stereocenters. The molecule has 0 saturated heterocycles. The topological polar surface area (TPSA) is 72.7 Å². The molecule has 1 N–H and O–H groups in total. The predicted octanol–water partition coefficient (Wildman–Crippen LogP) is 3.32. The lowest BCUT2D eigenvalue weighted by molar-refractivity contribution is -0.122. The monoisotopic (exact) mass is 363 g/mol. The summed E-state index contributed by atoms with van der Waals surface area (Å²) in [4.78, 5) is 16.8. The average molecular weight is 363 g/mol. The average Bonchev–Trinajstić information content (AvgIpc) is 3.11. The lowest BCUT2D eigenvalue weighted by Gasteiger charge is -2.22. The third-order valence-corrected chi connectivity index (χ3v) is 4.54. The van der Waals surface area contributed by atoms with Crippen LogP contribution in [0.1, 0.15) is 53.8 Å². The molecule has 0 aliphatic carbocycles. The van der Waals surface area contributed by atoms with Crippen LogP contribution in [0.15, 0.2) is 48.9 Å². The van der Waals surface area contributed by atoms with Crippen molar-refractivity contribution < 1.29 is 4.79 Å². The van der Waals surface area contributed by atoms with E-state index in [0.717, 1.165) is 27.9 Å². The molecule has 27 heavy (non-hydrogen) atoms. The van der Waals surface area contributed by atoms with Crippen molar-refractivity contribution in [1.82, 2.24) is 25.3 Å². The number of carbonyl (C=O) groups is 1. The number of aromatic nitrogens is 4. The van der Waals surface area contributed by atoms with E-state index in [1.54, 1.807) is 17.1 Å². The van der Waals surface area contributed by atoms with Gasteiger partial charge >= 0.3 is 0 Å². The largest absolute Gasteiger partial charge is 0.344 e. The van der Waals surface area contributed by atoms with E-state index in [-0.39, 0.29) is 24.4 Å². The highest BCUT2D eigenvalue weighted by Gasteiger charge is 2.19. The Kier molecular flexibility index (Phi) is 5.64. The normalized spacial score (nSPS) is 12.2. The van der Waals surface area contributed by atoms with Crippen LogP contribution in [0, 0.1) is 13.8 Å². The molecule has 6 nitrogen and oxygen atoms in total. The molecule has 0 bridgehead atoms. The Balaban J connectivity index is 1.85. The number of pyridine rings is 1. The number of carbonyl (C=O) groups excluding carboxylic acids is 1. The van der Waals surface area contributed by atoms with Gasteiger partial charge in [0.25, 0.3) is 0 Å². The Morgan fingerprint density at radius 1 is 1.15 bits per heavy atom. The van der Waals surface area contributed by atoms with Crippen molar-refractivity contribution in [1.29, 1.82) is 0 Å². The SMILES string of the molecule is Cc1ccc(C)c([C@H](NC(=O)Cn2cc(C(C)C)nn2)c2ccncc2)c1. The summed E-state index contributed by atoms with van der Waals surface area (Å²) in [6, 6.07) is 9.89. The minimum Gasteiger partial charge on any atom is -0.344 e. The summed E-state index contributed by atoms with van der Waals surface area (Å²) in [5.41, 5.74) is 5.24. The van der Waals surface area contributed by atoms with Gasteiger partial charge in [0.1, 0.15) is 6.54 Å². The first-order valence-corrected chi connectivity index (χ1v) is 9.10. The summed E-state index contributed by atoms with van der Waals surface area (Å²) in [5.74, 6) is 0.166. The summed E-state index contributed by atoms with van der Waals surface area (Å²) >= 11 is 0. The van der Waals surface area contributed by atoms with Crippen LogP contribution in [0.2, 0.25) is 0 Å². The summed E-state index contributed by atoms with van der Waals surface area (Å²) in [6.07, 6.45) is 5.31. The second-order valence-corrected chi connectivity index (χ2v) is 7.14. The number of rotatable bonds is 6. The third kappa shape index (κ3) is 4.58. The van der Waals surface area contributed by atoms with Crippen molar-refractivity contribution in [3.63, 3.8) is 0 Å². The van der Waals surface area contributed by atoms with E-state index < -0.39 is 0 Å². The zero-order chi connectivity index (χ0) is 19.4. The van der Waals surface area contributed by atoms with Crippen molar-refractivity contribution in [2.45, 2.75) is 46.2 Å². The zero-order valence-electron chi connectivity index (χ0n) is 16.2. The molecule has 3 rings (SSSR count). The minimum atomic E-state index is -0.242. The fraction of sp³-hybridized carbons (Fsp3) is 0.333. The summed E-state index contributed by atoms with van der Waals surface area (Å²) in [6.45, 7) is 8.34. The molecular weight excluding hydrogens is 338 g/mol. The van der Waals surface area contributed by atoms with Crippen molar-refractivity contribution in [2.75, 3.05) is 0 Å². The maximum absolute atomic E-state index is 12.7. The van der Waals surface area contributed by atoms with Gasteiger partial charge in [0.2, 0.25) is 5.91 Å². The highest BCUT2D eigenvalue weighted by molar-refractivity contribution is 5.76. The van der Waals surface area contributed by atoms with Crippen LogP contribution in [0.4, 0.5) is 0 Å². The number of benzene rings is 1. The smallest absolute Gasteiger partial charge is 0.242 e. The van der Waals surface area contributed by atoms with Crippen LogP contribution in [0.5, 0.6) is 0 Å². The standard InChI is InChI=1S/C21H25N5O/c1-14(2)19-12-26(25-24-19)13-20(27)23-21(17-7-9-22-10-8-17)18-11-15(3)5-6-16(18)4/h5-12,14,21H,13H2,1-4H3,(H,23,27)/t21-/m1/s1. The first-order chi connectivity index (χ1) is 12.9. The first-order valence-electron chi connectivity index (χ1n) is 9.10. The number of hydrogen-bond acceptors (Lipinski definition) is 4. The van der Waals surface area contributed by atoms with Gasteiger partial charge < -0.3 is 5.32 Å². The molecule has 1 aromatic carbocycles. The molecule has 0 unspecified atom stereocenters. The van der Waals surface area contributed by atoms with Crippen molar-refractivity contribution in [3.8, 4) is 0 Å². The minimum absolute atomic E-state index is 0.113. The number of nitrogens with one attached hydrogen (secondary N) is 1. The molecule has 0 aliphatic heterocycles. The van der Waals surface area contributed by atoms with Crippen molar-refractivity contribution in [2.24, 2.45) is 0 Å². The quantitative estimate of drug-likeness (QED) is 0.729. The molecule has 0 fully saturated rings. The highest BCUT2D eigenvalue weighted by atomic mass is 16.2. The Labute approximate surface area is 159 Å². The van der Waals surface area contributed by atoms with Crippen molar-refractivity contribution in [3.05, 3.63) is 76.9 Å². The summed E-state index contributed by atoms with van der Waals surface area (Å²) < 4.78 is 1.58. The van der Waals surface area contributed by atoms with Gasteiger partial charge in [-0.1, -0.05) is 42.8 Å². The molecule has 2 aromatic heterocycles. The van der Waals surface area contributed by atoms with E-state index in [9.17, 15) is 4.79 Å². The Bertz CT molecular complexity index is 917. The van der Waals surface area contributed by atoms with Gasteiger partial charge in [0.05, 0.1) is 11.7 Å². The fourth-order valence-corrected chi connectivity index (χ4v) is 2.98. The Morgan fingerprint density at radius 2 is 1.89 bits per heavy atom. The second kappa shape index (κ2) is 8.12. The molecule has 0 spiro atoms. The van der Waals surface area contributed by atoms with Crippen LogP contribution in [0.25, 0.3) is 0 Å². The molecule has 0 saturated carbocycles. The van der Waals surface area contributed by atoms with Crippen LogP contribution < -0.4 is 5.32 Å². The molecule has 2 heterocycles. The van der Waals surface area contributed by atoms with Crippen LogP contribution in [-0.4, -0.2) is 25.9 Å². The van der Waals surface area contributed by atoms with Gasteiger partial charge in [-0.15, -0.1) is 5.10 Å². The van der Waals surface area contributed by atoms with Gasteiger partial charge in [0.15, 0.2) is 0 Å². The second-order valence-electron chi connectivity index (χ2n) is 7.14. The summed E-state index contributed by atoms with van der Waals surface area (Å²) in [5, 5.41) is 11.3. The first kappa shape index (κ1) is 18.8. The Morgan fingerprint density at radius 3 is 2.56 bits per heavy atom. The summed E-state index contributed by atoms with van der Waals surface area (Å²) in [7, 11) is 0. The van der Waals surface area contributed by atoms with E-state index in [2.05, 4.69) is 66.5 Å². The maximum atomic E-state index is 12.7. The zero-order valence-corrected chi connectivity index (χ0v) is 16.2. The van der Waals surface area contributed by atoms with Gasteiger partial charge in [-0.05, 0) is 48.6 Å². The van der Waals surface area contributed by atoms with Crippen LogP contribution in [0.3, 0.4) is 0 Å². The van der Waals surface area contributed by atoms with E-state index in [0.29, 0.717) is 0 Å². The molecule has 0 aliphatic rings. The van der Waals surface area contributed by atoms with Crippen molar-refractivity contribution >= 4 is 5.91 Å². The highest BCUT2D eigenvalue weighted by Crippen LogP contribution is 2.25. The number of hydrogen-bond donors (Lipinski definition) is 1. The molecule has 1 amide bonds. The number of aryl methyl sites for hydroxylation is 2. The molecule has 6 heteroatoms. The van der Waals surface area contributed by atoms with E-state index >= 15 is 0 Å². The van der Waals surface area contributed by atoms with E-state index in [4.69, 9.17) is 0 Å². The molecule has 140 valence electrons. The lowest BCUT2D eigenvalue weighted by Crippen LogP contribution is -2.32. The van der Waals surface area contributed by atoms with E-state index in [1.807, 2.05) is 18.3 Å². The van der Waals surface area contributed by atoms with Gasteiger partial charge in [-0.25, -0.2) is 4.68 Å². The maximum Gasteiger partial charge on any atom is 0.242 e. The molecule has 0 radical (unpaired) electrons. The number of amides is 1. The van der Waals surface area contributed by atoms with Crippen LogP contribution >= 0.6 is 0 Å². The third-order valence-electron chi connectivity index (χ3n) is 4.54. The molecular formula is C21H25N5O. The Hall–Kier alpha value is -3.02. The van der Waals surface area contributed by atoms with Gasteiger partial charge in [-0.2, -0.15) is 0 Å². The lowest BCUT2D eigenvalue weighted by atomic mass is 9.94. The van der Waals surface area contributed by atoms with Gasteiger partial charge in [0, 0.05) is 18.6 Å². The number of nitrogens with zero attached hydrogens (tertiary/aromatic N) is 4.